The zero-order valence-corrected chi connectivity index (χ0v) is 16.1. The van der Waals surface area contributed by atoms with Gasteiger partial charge >= 0.3 is 0 Å². The molecule has 0 unspecified atom stereocenters. The Hall–Kier alpha value is -3.16. The molecule has 1 aromatic carbocycles. The Kier molecular flexibility index (Phi) is 4.73. The second-order valence-corrected chi connectivity index (χ2v) is 7.35. The third-order valence-corrected chi connectivity index (χ3v) is 4.08. The van der Waals surface area contributed by atoms with Gasteiger partial charge in [-0.25, -0.2) is 4.98 Å². The van der Waals surface area contributed by atoms with E-state index in [1.807, 2.05) is 39.0 Å². The summed E-state index contributed by atoms with van der Waals surface area (Å²) in [6.45, 7) is 7.45. The molecule has 8 heteroatoms. The third-order valence-electron chi connectivity index (χ3n) is 4.08. The minimum Gasteiger partial charge on any atom is -0.495 e. The number of hydrogen-bond acceptors (Lipinski definition) is 5. The number of aromatic nitrogens is 4. The fourth-order valence-corrected chi connectivity index (χ4v) is 2.78. The van der Waals surface area contributed by atoms with Gasteiger partial charge in [0.1, 0.15) is 11.6 Å². The first-order valence-electron chi connectivity index (χ1n) is 8.61. The van der Waals surface area contributed by atoms with Crippen LogP contribution in [-0.4, -0.2) is 32.6 Å². The van der Waals surface area contributed by atoms with Crippen LogP contribution in [0, 0.1) is 12.3 Å². The van der Waals surface area contributed by atoms with Crippen molar-refractivity contribution < 1.29 is 9.53 Å². The lowest BCUT2D eigenvalue weighted by molar-refractivity contribution is -0.126. The number of nitrogens with zero attached hydrogens (tertiary/aromatic N) is 4. The van der Waals surface area contributed by atoms with E-state index < -0.39 is 5.41 Å². The number of aryl methyl sites for hydroxylation is 1. The molecular weight excluding hydrogens is 346 g/mol. The molecule has 3 rings (SSSR count). The molecule has 0 saturated carbocycles. The number of fused-ring (bicyclic) bond motifs is 1. The van der Waals surface area contributed by atoms with E-state index in [4.69, 9.17) is 4.74 Å². The van der Waals surface area contributed by atoms with Crippen LogP contribution in [0.5, 0.6) is 5.75 Å². The van der Waals surface area contributed by atoms with Crippen molar-refractivity contribution in [3.8, 4) is 5.75 Å². The Morgan fingerprint density at radius 2 is 1.96 bits per heavy atom. The number of rotatable bonds is 4. The maximum atomic E-state index is 13.1. The molecule has 8 nitrogen and oxygen atoms in total. The Morgan fingerprint density at radius 1 is 1.26 bits per heavy atom. The third kappa shape index (κ3) is 3.69. The number of ether oxygens (including phenoxy) is 1. The van der Waals surface area contributed by atoms with E-state index in [9.17, 15) is 9.59 Å². The maximum absolute atomic E-state index is 13.1. The predicted molar refractivity (Wildman–Crippen MR) is 102 cm³/mol. The monoisotopic (exact) mass is 369 g/mol. The molecular formula is C19H23N5O3. The van der Waals surface area contributed by atoms with Crippen molar-refractivity contribution in [1.29, 1.82) is 0 Å². The Bertz CT molecular complexity index is 1050. The normalized spacial score (nSPS) is 11.6. The van der Waals surface area contributed by atoms with Crippen molar-refractivity contribution in [1.82, 2.24) is 19.6 Å². The average Bonchev–Trinajstić information content (AvgIpc) is 3.01. The van der Waals surface area contributed by atoms with E-state index in [1.165, 1.54) is 10.6 Å². The summed E-state index contributed by atoms with van der Waals surface area (Å²) in [6, 6.07) is 8.73. The average molecular weight is 369 g/mol. The zero-order chi connectivity index (χ0) is 19.8. The summed E-state index contributed by atoms with van der Waals surface area (Å²) >= 11 is 0. The van der Waals surface area contributed by atoms with E-state index in [2.05, 4.69) is 15.1 Å². The Balaban J connectivity index is 2.08. The second-order valence-electron chi connectivity index (χ2n) is 7.35. The highest BCUT2D eigenvalue weighted by Gasteiger charge is 2.30. The highest BCUT2D eigenvalue weighted by Crippen LogP contribution is 2.32. The smallest absolute Gasteiger partial charge is 0.274 e. The van der Waals surface area contributed by atoms with Gasteiger partial charge in [0.25, 0.3) is 11.3 Å². The molecule has 0 aliphatic rings. The van der Waals surface area contributed by atoms with Gasteiger partial charge in [0, 0.05) is 17.2 Å². The standard InChI is InChI=1S/C19H23N5O3/c1-12-10-16(25)24-18(20-12)21-15(22-24)11-23(17(26)19(2,3)4)13-8-6-7-9-14(13)27-5/h6-10H,11H2,1-5H3,(H,20,21,22). The number of H-pyrrole nitrogens is 1. The summed E-state index contributed by atoms with van der Waals surface area (Å²) in [5.41, 5.74) is 0.364. The summed E-state index contributed by atoms with van der Waals surface area (Å²) in [6.07, 6.45) is 0. The summed E-state index contributed by atoms with van der Waals surface area (Å²) < 4.78 is 6.70. The summed E-state index contributed by atoms with van der Waals surface area (Å²) in [5, 5.41) is 2.93. The van der Waals surface area contributed by atoms with Gasteiger partial charge in [-0.2, -0.15) is 9.50 Å². The number of aromatic amines is 1. The quantitative estimate of drug-likeness (QED) is 0.762. The SMILES string of the molecule is COc1ccccc1N(Cc1nc2nc(C)cc(=O)n2[nH]1)C(=O)C(C)(C)C. The first kappa shape index (κ1) is 18.6. The molecule has 2 aromatic heterocycles. The molecule has 0 aliphatic heterocycles. The lowest BCUT2D eigenvalue weighted by Gasteiger charge is -2.29. The van der Waals surface area contributed by atoms with E-state index >= 15 is 0 Å². The molecule has 0 radical (unpaired) electrons. The molecule has 27 heavy (non-hydrogen) atoms. The molecule has 142 valence electrons. The van der Waals surface area contributed by atoms with Crippen molar-refractivity contribution in [3.63, 3.8) is 0 Å². The fourth-order valence-electron chi connectivity index (χ4n) is 2.78. The number of anilines is 1. The maximum Gasteiger partial charge on any atom is 0.274 e. The van der Waals surface area contributed by atoms with E-state index in [-0.39, 0.29) is 23.8 Å². The molecule has 1 amide bonds. The van der Waals surface area contributed by atoms with Gasteiger partial charge in [0.15, 0.2) is 0 Å². The molecule has 0 saturated heterocycles. The molecule has 0 atom stereocenters. The molecule has 0 spiro atoms. The minimum atomic E-state index is -0.613. The van der Waals surface area contributed by atoms with Crippen LogP contribution in [0.3, 0.4) is 0 Å². The van der Waals surface area contributed by atoms with Crippen molar-refractivity contribution >= 4 is 17.4 Å². The largest absolute Gasteiger partial charge is 0.495 e. The topological polar surface area (TPSA) is 92.6 Å². The molecule has 1 N–H and O–H groups in total. The number of amides is 1. The van der Waals surface area contributed by atoms with Gasteiger partial charge in [-0.3, -0.25) is 14.7 Å². The van der Waals surface area contributed by atoms with E-state index in [1.54, 1.807) is 25.0 Å². The summed E-state index contributed by atoms with van der Waals surface area (Å²) in [4.78, 5) is 35.5. The highest BCUT2D eigenvalue weighted by atomic mass is 16.5. The molecule has 0 aliphatic carbocycles. The number of benzene rings is 1. The summed E-state index contributed by atoms with van der Waals surface area (Å²) in [5.74, 6) is 1.22. The molecule has 3 aromatic rings. The molecule has 0 fully saturated rings. The minimum absolute atomic E-state index is 0.0936. The van der Waals surface area contributed by atoms with Crippen LogP contribution in [0.1, 0.15) is 32.3 Å². The lowest BCUT2D eigenvalue weighted by Crippen LogP contribution is -2.39. The number of hydrogen-bond donors (Lipinski definition) is 1. The van der Waals surface area contributed by atoms with Gasteiger partial charge in [-0.05, 0) is 19.1 Å². The van der Waals surface area contributed by atoms with Gasteiger partial charge < -0.3 is 9.64 Å². The number of carbonyl (C=O) groups is 1. The van der Waals surface area contributed by atoms with Gasteiger partial charge in [0.2, 0.25) is 5.91 Å². The number of para-hydroxylation sites is 2. The van der Waals surface area contributed by atoms with Crippen molar-refractivity contribution in [2.75, 3.05) is 12.0 Å². The predicted octanol–water partition coefficient (Wildman–Crippen LogP) is 2.31. The molecule has 2 heterocycles. The number of methoxy groups -OCH3 is 1. The first-order valence-corrected chi connectivity index (χ1v) is 8.61. The van der Waals surface area contributed by atoms with Crippen LogP contribution in [0.15, 0.2) is 35.1 Å². The highest BCUT2D eigenvalue weighted by molar-refractivity contribution is 5.98. The van der Waals surface area contributed by atoms with Gasteiger partial charge in [-0.15, -0.1) is 0 Å². The van der Waals surface area contributed by atoms with Crippen LogP contribution < -0.4 is 15.2 Å². The lowest BCUT2D eigenvalue weighted by atomic mass is 9.94. The van der Waals surface area contributed by atoms with Crippen molar-refractivity contribution in [3.05, 3.63) is 52.2 Å². The van der Waals surface area contributed by atoms with Crippen LogP contribution in [0.2, 0.25) is 0 Å². The number of nitrogens with one attached hydrogen (secondary N) is 1. The van der Waals surface area contributed by atoms with Gasteiger partial charge in [0.05, 0.1) is 19.3 Å². The number of carbonyl (C=O) groups excluding carboxylic acids is 1. The van der Waals surface area contributed by atoms with Crippen LogP contribution in [0.25, 0.3) is 5.78 Å². The second kappa shape index (κ2) is 6.86. The zero-order valence-electron chi connectivity index (χ0n) is 16.1. The van der Waals surface area contributed by atoms with Crippen molar-refractivity contribution in [2.24, 2.45) is 5.41 Å². The fraction of sp³-hybridized carbons (Fsp3) is 0.368. The van der Waals surface area contributed by atoms with Crippen LogP contribution in [0.4, 0.5) is 5.69 Å². The first-order chi connectivity index (χ1) is 12.7. The van der Waals surface area contributed by atoms with Crippen LogP contribution >= 0.6 is 0 Å². The summed E-state index contributed by atoms with van der Waals surface area (Å²) in [7, 11) is 1.56. The molecule has 0 bridgehead atoms. The van der Waals surface area contributed by atoms with E-state index in [0.29, 0.717) is 23.0 Å². The van der Waals surface area contributed by atoms with Crippen molar-refractivity contribution in [2.45, 2.75) is 34.2 Å². The van der Waals surface area contributed by atoms with Crippen LogP contribution in [-0.2, 0) is 11.3 Å². The Labute approximate surface area is 156 Å². The van der Waals surface area contributed by atoms with E-state index in [0.717, 1.165) is 0 Å². The van der Waals surface area contributed by atoms with Gasteiger partial charge in [-0.1, -0.05) is 32.9 Å². The Morgan fingerprint density at radius 3 is 2.63 bits per heavy atom.